The van der Waals surface area contributed by atoms with Crippen molar-refractivity contribution in [2.45, 2.75) is 6.61 Å². The van der Waals surface area contributed by atoms with Crippen LogP contribution >= 0.6 is 15.9 Å². The van der Waals surface area contributed by atoms with Gasteiger partial charge in [0, 0.05) is 10.2 Å². The largest absolute Gasteiger partial charge is 0.452 e. The first kappa shape index (κ1) is 16.2. The Kier molecular flexibility index (Phi) is 5.68. The fourth-order valence-corrected chi connectivity index (χ4v) is 1.96. The summed E-state index contributed by atoms with van der Waals surface area (Å²) >= 11 is 3.30. The molecule has 2 aromatic carbocycles. The van der Waals surface area contributed by atoms with Crippen molar-refractivity contribution in [1.29, 1.82) is 0 Å². The quantitative estimate of drug-likeness (QED) is 0.800. The highest BCUT2D eigenvalue weighted by Gasteiger charge is 2.10. The van der Waals surface area contributed by atoms with Crippen molar-refractivity contribution in [1.82, 2.24) is 0 Å². The minimum atomic E-state index is -0.588. The van der Waals surface area contributed by atoms with Gasteiger partial charge in [0.25, 0.3) is 5.91 Å². The van der Waals surface area contributed by atoms with Gasteiger partial charge < -0.3 is 15.2 Å². The topological polar surface area (TPSA) is 75.6 Å². The van der Waals surface area contributed by atoms with E-state index in [9.17, 15) is 9.59 Å². The van der Waals surface area contributed by atoms with Crippen LogP contribution in [0.3, 0.4) is 0 Å². The molecule has 0 heterocycles. The number of amides is 1. The number of rotatable bonds is 5. The van der Waals surface area contributed by atoms with Gasteiger partial charge in [-0.25, -0.2) is 4.79 Å². The van der Waals surface area contributed by atoms with E-state index < -0.39 is 11.9 Å². The van der Waals surface area contributed by atoms with Gasteiger partial charge in [0.05, 0.1) is 12.2 Å². The summed E-state index contributed by atoms with van der Waals surface area (Å²) in [5, 5.41) is 11.6. The predicted octanol–water partition coefficient (Wildman–Crippen LogP) is 2.74. The molecule has 0 saturated carbocycles. The molecule has 0 aromatic heterocycles. The van der Waals surface area contributed by atoms with Crippen molar-refractivity contribution in [2.75, 3.05) is 11.9 Å². The maximum Gasteiger partial charge on any atom is 0.338 e. The van der Waals surface area contributed by atoms with E-state index in [1.54, 1.807) is 48.5 Å². The Morgan fingerprint density at radius 3 is 2.27 bits per heavy atom. The summed E-state index contributed by atoms with van der Waals surface area (Å²) < 4.78 is 5.84. The average Bonchev–Trinajstić information content (AvgIpc) is 2.55. The van der Waals surface area contributed by atoms with Gasteiger partial charge in [-0.2, -0.15) is 0 Å². The van der Waals surface area contributed by atoms with Crippen LogP contribution in [0.15, 0.2) is 53.0 Å². The number of hydrogen-bond acceptors (Lipinski definition) is 4. The Hall–Kier alpha value is -2.18. The zero-order valence-electron chi connectivity index (χ0n) is 11.6. The summed E-state index contributed by atoms with van der Waals surface area (Å²) in [4.78, 5) is 23.5. The number of ether oxygens (including phenoxy) is 1. The normalized spacial score (nSPS) is 10.1. The molecular weight excluding hydrogens is 350 g/mol. The molecule has 2 aromatic rings. The molecule has 114 valence electrons. The van der Waals surface area contributed by atoms with Crippen molar-refractivity contribution in [3.63, 3.8) is 0 Å². The van der Waals surface area contributed by atoms with E-state index in [0.717, 1.165) is 4.47 Å². The third-order valence-corrected chi connectivity index (χ3v) is 3.36. The van der Waals surface area contributed by atoms with Crippen LogP contribution in [-0.4, -0.2) is 23.6 Å². The third-order valence-electron chi connectivity index (χ3n) is 2.83. The summed E-state index contributed by atoms with van der Waals surface area (Å²) in [6, 6.07) is 13.4. The fourth-order valence-electron chi connectivity index (χ4n) is 1.69. The van der Waals surface area contributed by atoms with Gasteiger partial charge in [0.1, 0.15) is 0 Å². The van der Waals surface area contributed by atoms with E-state index in [2.05, 4.69) is 21.2 Å². The molecule has 5 nitrogen and oxygen atoms in total. The van der Waals surface area contributed by atoms with E-state index in [1.807, 2.05) is 0 Å². The summed E-state index contributed by atoms with van der Waals surface area (Å²) in [6.45, 7) is -0.457. The van der Waals surface area contributed by atoms with Gasteiger partial charge in [-0.05, 0) is 42.0 Å². The molecule has 6 heteroatoms. The van der Waals surface area contributed by atoms with Crippen LogP contribution in [0.25, 0.3) is 0 Å². The first-order valence-electron chi connectivity index (χ1n) is 6.51. The molecule has 2 N–H and O–H groups in total. The number of carbonyl (C=O) groups is 2. The molecule has 22 heavy (non-hydrogen) atoms. The third kappa shape index (κ3) is 4.68. The van der Waals surface area contributed by atoms with Crippen molar-refractivity contribution < 1.29 is 19.4 Å². The van der Waals surface area contributed by atoms with Crippen LogP contribution in [0.2, 0.25) is 0 Å². The van der Waals surface area contributed by atoms with Crippen LogP contribution in [0, 0.1) is 0 Å². The number of aliphatic hydroxyl groups excluding tert-OH is 1. The molecule has 0 saturated heterocycles. The van der Waals surface area contributed by atoms with Crippen LogP contribution in [0.4, 0.5) is 5.69 Å². The highest BCUT2D eigenvalue weighted by molar-refractivity contribution is 9.10. The zero-order chi connectivity index (χ0) is 15.9. The number of nitrogens with one attached hydrogen (secondary N) is 1. The lowest BCUT2D eigenvalue weighted by molar-refractivity contribution is -0.119. The maximum atomic E-state index is 11.8. The Morgan fingerprint density at radius 1 is 1.05 bits per heavy atom. The number of aliphatic hydroxyl groups is 1. The van der Waals surface area contributed by atoms with E-state index in [0.29, 0.717) is 16.8 Å². The monoisotopic (exact) mass is 363 g/mol. The molecule has 1 amide bonds. The maximum absolute atomic E-state index is 11.8. The molecule has 0 radical (unpaired) electrons. The Balaban J connectivity index is 1.84. The number of halogens is 1. The lowest BCUT2D eigenvalue weighted by Gasteiger charge is -2.07. The van der Waals surface area contributed by atoms with Gasteiger partial charge in [-0.1, -0.05) is 28.1 Å². The number of hydrogen-bond donors (Lipinski definition) is 2. The van der Waals surface area contributed by atoms with Crippen LogP contribution in [0.1, 0.15) is 15.9 Å². The second-order valence-corrected chi connectivity index (χ2v) is 5.40. The summed E-state index contributed by atoms with van der Waals surface area (Å²) in [6.07, 6.45) is 0. The second-order valence-electron chi connectivity index (χ2n) is 4.49. The van der Waals surface area contributed by atoms with E-state index >= 15 is 0 Å². The molecule has 0 bridgehead atoms. The van der Waals surface area contributed by atoms with Crippen molar-refractivity contribution in [3.05, 3.63) is 64.1 Å². The highest BCUT2D eigenvalue weighted by atomic mass is 79.9. The van der Waals surface area contributed by atoms with Gasteiger partial charge in [0.15, 0.2) is 6.61 Å². The van der Waals surface area contributed by atoms with Gasteiger partial charge in [0.2, 0.25) is 0 Å². The second kappa shape index (κ2) is 7.72. The van der Waals surface area contributed by atoms with Crippen molar-refractivity contribution in [2.24, 2.45) is 0 Å². The van der Waals surface area contributed by atoms with Crippen LogP contribution in [0.5, 0.6) is 0 Å². The molecule has 2 rings (SSSR count). The predicted molar refractivity (Wildman–Crippen MR) is 85.4 cm³/mol. The van der Waals surface area contributed by atoms with Gasteiger partial charge >= 0.3 is 5.97 Å². The lowest BCUT2D eigenvalue weighted by atomic mass is 10.1. The molecule has 0 spiro atoms. The van der Waals surface area contributed by atoms with E-state index in [1.165, 1.54) is 0 Å². The minimum Gasteiger partial charge on any atom is -0.452 e. The number of anilines is 1. The molecular formula is C16H14BrNO4. The first-order chi connectivity index (χ1) is 10.6. The minimum absolute atomic E-state index is 0.0923. The summed E-state index contributed by atoms with van der Waals surface area (Å²) in [7, 11) is 0. The van der Waals surface area contributed by atoms with E-state index in [4.69, 9.17) is 9.84 Å². The summed E-state index contributed by atoms with van der Waals surface area (Å²) in [5.74, 6) is -1.00. The average molecular weight is 364 g/mol. The molecule has 0 aliphatic carbocycles. The summed E-state index contributed by atoms with van der Waals surface area (Å²) in [5.41, 5.74) is 1.65. The fraction of sp³-hybridized carbons (Fsp3) is 0.125. The van der Waals surface area contributed by atoms with Gasteiger partial charge in [-0.3, -0.25) is 4.79 Å². The zero-order valence-corrected chi connectivity index (χ0v) is 13.2. The Labute approximate surface area is 136 Å². The highest BCUT2D eigenvalue weighted by Crippen LogP contribution is 2.14. The molecule has 0 aliphatic heterocycles. The van der Waals surface area contributed by atoms with Crippen molar-refractivity contribution in [3.8, 4) is 0 Å². The standard InChI is InChI=1S/C16H14BrNO4/c17-13-5-7-14(8-6-13)18-15(20)10-22-16(21)12-3-1-11(9-19)2-4-12/h1-8,19H,9-10H2,(H,18,20). The number of esters is 1. The first-order valence-corrected chi connectivity index (χ1v) is 7.30. The number of benzene rings is 2. The Morgan fingerprint density at radius 2 is 1.68 bits per heavy atom. The number of carbonyl (C=O) groups excluding carboxylic acids is 2. The van der Waals surface area contributed by atoms with Crippen LogP contribution in [-0.2, 0) is 16.1 Å². The molecule has 0 unspecified atom stereocenters. The molecule has 0 atom stereocenters. The van der Waals surface area contributed by atoms with Crippen molar-refractivity contribution >= 4 is 33.5 Å². The molecule has 0 fully saturated rings. The van der Waals surface area contributed by atoms with Crippen LogP contribution < -0.4 is 5.32 Å². The van der Waals surface area contributed by atoms with E-state index in [-0.39, 0.29) is 13.2 Å². The SMILES string of the molecule is O=C(COC(=O)c1ccc(CO)cc1)Nc1ccc(Br)cc1. The van der Waals surface area contributed by atoms with Gasteiger partial charge in [-0.15, -0.1) is 0 Å². The smallest absolute Gasteiger partial charge is 0.338 e. The molecule has 0 aliphatic rings. The Bertz CT molecular complexity index is 653. The lowest BCUT2D eigenvalue weighted by Crippen LogP contribution is -2.20.